The molecule has 3 rings (SSSR count). The molecule has 102 valence electrons. The molecule has 1 aliphatic heterocycles. The molecule has 20 heavy (non-hydrogen) atoms. The monoisotopic (exact) mass is 271 g/mol. The van der Waals surface area contributed by atoms with Crippen molar-refractivity contribution >= 4 is 22.6 Å². The van der Waals surface area contributed by atoms with Crippen LogP contribution in [-0.4, -0.2) is 44.5 Å². The van der Waals surface area contributed by atoms with Crippen LogP contribution in [0.5, 0.6) is 5.88 Å². The van der Waals surface area contributed by atoms with Crippen molar-refractivity contribution < 1.29 is 15.0 Å². The standard InChI is InChI=1S/C14H13N3O3/c18-13-8-11-2-1-10(7-12(11)15-16-13)9-3-5-17(6-4-9)14(19)20/h1-3,7-8H,4-6H2,(H,16,18)(H,19,20). The van der Waals surface area contributed by atoms with Gasteiger partial charge in [0.15, 0.2) is 0 Å². The van der Waals surface area contributed by atoms with E-state index in [0.29, 0.717) is 25.0 Å². The van der Waals surface area contributed by atoms with Crippen LogP contribution >= 0.6 is 0 Å². The summed E-state index contributed by atoms with van der Waals surface area (Å²) in [6.45, 7) is 0.907. The Labute approximate surface area is 115 Å². The van der Waals surface area contributed by atoms with Crippen molar-refractivity contribution in [3.05, 3.63) is 35.9 Å². The quantitative estimate of drug-likeness (QED) is 0.829. The molecule has 1 aromatic heterocycles. The highest BCUT2D eigenvalue weighted by Gasteiger charge is 2.16. The normalized spacial score (nSPS) is 15.2. The summed E-state index contributed by atoms with van der Waals surface area (Å²) < 4.78 is 0. The fraction of sp³-hybridized carbons (Fsp3) is 0.214. The number of hydrogen-bond donors (Lipinski definition) is 2. The van der Waals surface area contributed by atoms with Crippen molar-refractivity contribution in [2.75, 3.05) is 13.1 Å². The fourth-order valence-electron chi connectivity index (χ4n) is 2.33. The number of carboxylic acid groups (broad SMARTS) is 1. The number of fused-ring (bicyclic) bond motifs is 1. The van der Waals surface area contributed by atoms with Gasteiger partial charge in [-0.2, -0.15) is 0 Å². The first-order valence-electron chi connectivity index (χ1n) is 6.27. The second-order valence-corrected chi connectivity index (χ2v) is 4.68. The third kappa shape index (κ3) is 2.27. The van der Waals surface area contributed by atoms with E-state index in [1.54, 1.807) is 6.07 Å². The van der Waals surface area contributed by atoms with Crippen LogP contribution in [-0.2, 0) is 0 Å². The first-order chi connectivity index (χ1) is 9.63. The highest BCUT2D eigenvalue weighted by Crippen LogP contribution is 2.25. The van der Waals surface area contributed by atoms with Crippen LogP contribution in [0.25, 0.3) is 16.5 Å². The molecule has 1 amide bonds. The summed E-state index contributed by atoms with van der Waals surface area (Å²) in [5.74, 6) is -0.0979. The van der Waals surface area contributed by atoms with E-state index in [0.717, 1.165) is 16.5 Å². The Morgan fingerprint density at radius 1 is 1.25 bits per heavy atom. The predicted octanol–water partition coefficient (Wildman–Crippen LogP) is 2.10. The van der Waals surface area contributed by atoms with E-state index in [-0.39, 0.29) is 5.88 Å². The minimum Gasteiger partial charge on any atom is -0.492 e. The Morgan fingerprint density at radius 2 is 2.10 bits per heavy atom. The molecule has 6 heteroatoms. The summed E-state index contributed by atoms with van der Waals surface area (Å²) >= 11 is 0. The Morgan fingerprint density at radius 3 is 2.80 bits per heavy atom. The minimum atomic E-state index is -0.889. The number of aromatic nitrogens is 2. The first kappa shape index (κ1) is 12.4. The van der Waals surface area contributed by atoms with Crippen molar-refractivity contribution in [1.82, 2.24) is 15.1 Å². The van der Waals surface area contributed by atoms with Crippen LogP contribution in [0.1, 0.15) is 12.0 Å². The summed E-state index contributed by atoms with van der Waals surface area (Å²) in [5.41, 5.74) is 2.84. The summed E-state index contributed by atoms with van der Waals surface area (Å²) in [6, 6.07) is 7.30. The lowest BCUT2D eigenvalue weighted by atomic mass is 9.98. The Bertz CT molecular complexity index is 712. The van der Waals surface area contributed by atoms with Crippen molar-refractivity contribution in [1.29, 1.82) is 0 Å². The maximum absolute atomic E-state index is 10.9. The van der Waals surface area contributed by atoms with Crippen LogP contribution < -0.4 is 0 Å². The van der Waals surface area contributed by atoms with E-state index >= 15 is 0 Å². The summed E-state index contributed by atoms with van der Waals surface area (Å²) in [5, 5.41) is 26.6. The average molecular weight is 271 g/mol. The molecule has 0 saturated heterocycles. The van der Waals surface area contributed by atoms with Crippen molar-refractivity contribution in [3.63, 3.8) is 0 Å². The lowest BCUT2D eigenvalue weighted by molar-refractivity contribution is 0.150. The number of carbonyl (C=O) groups is 1. The predicted molar refractivity (Wildman–Crippen MR) is 73.4 cm³/mol. The number of nitrogens with zero attached hydrogens (tertiary/aromatic N) is 3. The van der Waals surface area contributed by atoms with Gasteiger partial charge in [-0.3, -0.25) is 0 Å². The molecule has 2 aromatic rings. The second kappa shape index (κ2) is 4.80. The number of hydrogen-bond acceptors (Lipinski definition) is 4. The van der Waals surface area contributed by atoms with E-state index in [2.05, 4.69) is 10.2 Å². The largest absolute Gasteiger partial charge is 0.492 e. The van der Waals surface area contributed by atoms with E-state index in [1.165, 1.54) is 4.90 Å². The van der Waals surface area contributed by atoms with Crippen molar-refractivity contribution in [2.45, 2.75) is 6.42 Å². The van der Waals surface area contributed by atoms with E-state index in [9.17, 15) is 9.90 Å². The molecule has 6 nitrogen and oxygen atoms in total. The fourth-order valence-corrected chi connectivity index (χ4v) is 2.33. The van der Waals surface area contributed by atoms with Gasteiger partial charge in [-0.1, -0.05) is 18.2 Å². The molecule has 1 aromatic carbocycles. The summed E-state index contributed by atoms with van der Waals surface area (Å²) in [7, 11) is 0. The molecular weight excluding hydrogens is 258 g/mol. The molecular formula is C14H13N3O3. The molecule has 2 N–H and O–H groups in total. The topological polar surface area (TPSA) is 86.5 Å². The molecule has 0 spiro atoms. The van der Waals surface area contributed by atoms with Gasteiger partial charge < -0.3 is 15.1 Å². The third-order valence-electron chi connectivity index (χ3n) is 3.43. The maximum atomic E-state index is 10.9. The lowest BCUT2D eigenvalue weighted by Gasteiger charge is -2.23. The number of aromatic hydroxyl groups is 1. The summed E-state index contributed by atoms with van der Waals surface area (Å²) in [4.78, 5) is 12.2. The molecule has 0 bridgehead atoms. The van der Waals surface area contributed by atoms with Crippen LogP contribution in [0.3, 0.4) is 0 Å². The van der Waals surface area contributed by atoms with Gasteiger partial charge in [-0.05, 0) is 23.6 Å². The second-order valence-electron chi connectivity index (χ2n) is 4.68. The van der Waals surface area contributed by atoms with E-state index in [1.807, 2.05) is 24.3 Å². The molecule has 0 aliphatic carbocycles. The zero-order valence-electron chi connectivity index (χ0n) is 10.7. The van der Waals surface area contributed by atoms with Gasteiger partial charge in [-0.15, -0.1) is 10.2 Å². The van der Waals surface area contributed by atoms with Crippen LogP contribution in [0.15, 0.2) is 30.3 Å². The molecule has 0 saturated carbocycles. The smallest absolute Gasteiger partial charge is 0.407 e. The molecule has 2 heterocycles. The van der Waals surface area contributed by atoms with Crippen LogP contribution in [0, 0.1) is 0 Å². The maximum Gasteiger partial charge on any atom is 0.407 e. The van der Waals surface area contributed by atoms with Gasteiger partial charge in [0.2, 0.25) is 5.88 Å². The number of amides is 1. The van der Waals surface area contributed by atoms with Crippen molar-refractivity contribution in [3.8, 4) is 5.88 Å². The van der Waals surface area contributed by atoms with Crippen molar-refractivity contribution in [2.24, 2.45) is 0 Å². The van der Waals surface area contributed by atoms with Gasteiger partial charge in [0.25, 0.3) is 0 Å². The van der Waals surface area contributed by atoms with E-state index in [4.69, 9.17) is 5.11 Å². The minimum absolute atomic E-state index is 0.0979. The van der Waals surface area contributed by atoms with Gasteiger partial charge >= 0.3 is 6.09 Å². The Hall–Kier alpha value is -2.63. The lowest BCUT2D eigenvalue weighted by Crippen LogP contribution is -2.33. The average Bonchev–Trinajstić information content (AvgIpc) is 2.47. The van der Waals surface area contributed by atoms with Gasteiger partial charge in [0.1, 0.15) is 0 Å². The van der Waals surface area contributed by atoms with Gasteiger partial charge in [0.05, 0.1) is 5.52 Å². The highest BCUT2D eigenvalue weighted by atomic mass is 16.4. The molecule has 0 atom stereocenters. The van der Waals surface area contributed by atoms with Crippen LogP contribution in [0.4, 0.5) is 4.79 Å². The summed E-state index contributed by atoms with van der Waals surface area (Å²) in [6.07, 6.45) is 1.72. The zero-order valence-corrected chi connectivity index (χ0v) is 10.7. The molecule has 0 unspecified atom stereocenters. The number of rotatable bonds is 1. The SMILES string of the molecule is O=C(O)N1CC=C(c2ccc3cc(O)nnc3c2)CC1. The molecule has 0 radical (unpaired) electrons. The first-order valence-corrected chi connectivity index (χ1v) is 6.27. The number of benzene rings is 1. The molecule has 1 aliphatic rings. The zero-order chi connectivity index (χ0) is 14.1. The molecule has 0 fully saturated rings. The Kier molecular flexibility index (Phi) is 2.98. The van der Waals surface area contributed by atoms with Crippen LogP contribution in [0.2, 0.25) is 0 Å². The third-order valence-corrected chi connectivity index (χ3v) is 3.43. The van der Waals surface area contributed by atoms with E-state index < -0.39 is 6.09 Å². The van der Waals surface area contributed by atoms with Gasteiger partial charge in [-0.25, -0.2) is 4.79 Å². The highest BCUT2D eigenvalue weighted by molar-refractivity contribution is 5.83. The van der Waals surface area contributed by atoms with Gasteiger partial charge in [0, 0.05) is 24.5 Å². The Balaban J connectivity index is 1.91.